The van der Waals surface area contributed by atoms with Crippen LogP contribution in [0.15, 0.2) is 78.5 Å². The number of hydrogen-bond acceptors (Lipinski definition) is 7. The predicted molar refractivity (Wildman–Crippen MR) is 148 cm³/mol. The molecule has 1 aliphatic heterocycles. The zero-order valence-corrected chi connectivity index (χ0v) is 22.2. The first-order chi connectivity index (χ1) is 18.4. The van der Waals surface area contributed by atoms with E-state index in [1.807, 2.05) is 43.3 Å². The number of amides is 1. The second-order valence-corrected chi connectivity index (χ2v) is 8.59. The second-order valence-electron chi connectivity index (χ2n) is 8.23. The van der Waals surface area contributed by atoms with Gasteiger partial charge in [-0.2, -0.15) is 0 Å². The van der Waals surface area contributed by atoms with Crippen molar-refractivity contribution < 1.29 is 28.5 Å². The van der Waals surface area contributed by atoms with Gasteiger partial charge in [-0.05, 0) is 72.7 Å². The predicted octanol–water partition coefficient (Wildman–Crippen LogP) is 4.82. The van der Waals surface area contributed by atoms with Crippen LogP contribution in [0.3, 0.4) is 0 Å². The number of rotatable bonds is 10. The Morgan fingerprint density at radius 1 is 0.947 bits per heavy atom. The minimum atomic E-state index is -0.526. The molecular weight excluding hydrogens is 504 g/mol. The van der Waals surface area contributed by atoms with Crippen LogP contribution in [-0.4, -0.2) is 49.3 Å². The number of methoxy groups -OCH3 is 2. The van der Waals surface area contributed by atoms with Crippen molar-refractivity contribution in [3.05, 3.63) is 89.6 Å². The minimum absolute atomic E-state index is 0.171. The summed E-state index contributed by atoms with van der Waals surface area (Å²) in [6.07, 6.45) is 1.67. The molecule has 1 heterocycles. The van der Waals surface area contributed by atoms with Crippen LogP contribution in [0.1, 0.15) is 18.1 Å². The quantitative estimate of drug-likeness (QED) is 0.209. The molecule has 0 unspecified atom stereocenters. The molecule has 0 atom stereocenters. The number of carbonyl (C=O) groups excluding carboxylic acids is 2. The maximum Gasteiger partial charge on any atom is 0.325 e. The van der Waals surface area contributed by atoms with Crippen molar-refractivity contribution in [2.45, 2.75) is 13.5 Å². The summed E-state index contributed by atoms with van der Waals surface area (Å²) in [5.74, 6) is 0.870. The van der Waals surface area contributed by atoms with Crippen LogP contribution < -0.4 is 19.1 Å². The molecule has 0 spiro atoms. The average Bonchev–Trinajstić information content (AvgIpc) is 3.17. The molecular formula is C29H28N2O6S. The summed E-state index contributed by atoms with van der Waals surface area (Å²) in [6, 6.07) is 22.2. The van der Waals surface area contributed by atoms with E-state index in [4.69, 9.17) is 31.2 Å². The Kier molecular flexibility index (Phi) is 8.60. The number of esters is 1. The number of benzene rings is 3. The third kappa shape index (κ3) is 5.95. The lowest BCUT2D eigenvalue weighted by Gasteiger charge is -2.19. The normalized spacial score (nSPS) is 14.1. The molecule has 0 aromatic heterocycles. The summed E-state index contributed by atoms with van der Waals surface area (Å²) in [6.45, 7) is 2.49. The molecule has 1 aliphatic rings. The molecule has 38 heavy (non-hydrogen) atoms. The summed E-state index contributed by atoms with van der Waals surface area (Å²) in [5, 5.41) is 0.171. The molecule has 3 aromatic rings. The number of carbonyl (C=O) groups is 2. The van der Waals surface area contributed by atoms with Crippen LogP contribution in [-0.2, 0) is 20.9 Å². The van der Waals surface area contributed by atoms with E-state index >= 15 is 0 Å². The van der Waals surface area contributed by atoms with Crippen molar-refractivity contribution in [1.82, 2.24) is 4.90 Å². The van der Waals surface area contributed by atoms with Gasteiger partial charge in [-0.25, -0.2) is 0 Å². The van der Waals surface area contributed by atoms with E-state index in [2.05, 4.69) is 0 Å². The Balaban J connectivity index is 1.66. The van der Waals surface area contributed by atoms with Crippen LogP contribution in [0.2, 0.25) is 0 Å². The van der Waals surface area contributed by atoms with Crippen LogP contribution in [0, 0.1) is 0 Å². The molecule has 1 saturated heterocycles. The van der Waals surface area contributed by atoms with Crippen molar-refractivity contribution >= 4 is 41.0 Å². The van der Waals surface area contributed by atoms with Crippen molar-refractivity contribution in [3.63, 3.8) is 0 Å². The molecule has 1 fully saturated rings. The lowest BCUT2D eigenvalue weighted by Crippen LogP contribution is -2.35. The standard InChI is InChI=1S/C29H28N2O6S/c1-4-36-26-17-21(10-15-25(26)37-19-20-8-6-5-7-9-20)16-24-28(33)31(22-11-13-23(34-2)14-12-22)29(38)30(24)18-27(32)35-3/h5-17H,4,18-19H2,1-3H3/b24-16-. The van der Waals surface area contributed by atoms with E-state index in [1.165, 1.54) is 16.9 Å². The number of hydrogen-bond donors (Lipinski definition) is 0. The van der Waals surface area contributed by atoms with Gasteiger partial charge in [0.15, 0.2) is 16.6 Å². The van der Waals surface area contributed by atoms with Gasteiger partial charge in [-0.1, -0.05) is 36.4 Å². The molecule has 9 heteroatoms. The smallest absolute Gasteiger partial charge is 0.325 e. The summed E-state index contributed by atoms with van der Waals surface area (Å²) in [4.78, 5) is 28.6. The molecule has 3 aromatic carbocycles. The highest BCUT2D eigenvalue weighted by Gasteiger charge is 2.40. The molecule has 0 saturated carbocycles. The van der Waals surface area contributed by atoms with E-state index in [0.29, 0.717) is 41.7 Å². The Morgan fingerprint density at radius 3 is 2.34 bits per heavy atom. The molecule has 196 valence electrons. The monoisotopic (exact) mass is 532 g/mol. The van der Waals surface area contributed by atoms with E-state index in [1.54, 1.807) is 49.6 Å². The molecule has 8 nitrogen and oxygen atoms in total. The molecule has 1 amide bonds. The zero-order valence-electron chi connectivity index (χ0n) is 21.4. The Labute approximate surface area is 227 Å². The average molecular weight is 533 g/mol. The van der Waals surface area contributed by atoms with E-state index in [9.17, 15) is 9.59 Å². The van der Waals surface area contributed by atoms with Gasteiger partial charge in [0.1, 0.15) is 24.6 Å². The fraction of sp³-hybridized carbons (Fsp3) is 0.207. The molecule has 4 rings (SSSR count). The van der Waals surface area contributed by atoms with Crippen molar-refractivity contribution in [2.24, 2.45) is 0 Å². The van der Waals surface area contributed by atoms with Crippen LogP contribution in [0.25, 0.3) is 6.08 Å². The highest BCUT2D eigenvalue weighted by Crippen LogP contribution is 2.33. The largest absolute Gasteiger partial charge is 0.497 e. The van der Waals surface area contributed by atoms with Gasteiger partial charge in [0.05, 0.1) is 26.5 Å². The molecule has 0 aliphatic carbocycles. The summed E-state index contributed by atoms with van der Waals surface area (Å²) < 4.78 is 21.9. The van der Waals surface area contributed by atoms with E-state index in [0.717, 1.165) is 5.56 Å². The lowest BCUT2D eigenvalue weighted by molar-refractivity contribution is -0.140. The van der Waals surface area contributed by atoms with Crippen molar-refractivity contribution in [2.75, 3.05) is 32.3 Å². The van der Waals surface area contributed by atoms with Gasteiger partial charge in [0, 0.05) is 0 Å². The van der Waals surface area contributed by atoms with Gasteiger partial charge in [-0.15, -0.1) is 0 Å². The van der Waals surface area contributed by atoms with Gasteiger partial charge < -0.3 is 23.8 Å². The van der Waals surface area contributed by atoms with Gasteiger partial charge in [-0.3, -0.25) is 14.5 Å². The third-order valence-electron chi connectivity index (χ3n) is 5.79. The number of ether oxygens (including phenoxy) is 4. The number of nitrogens with zero attached hydrogens (tertiary/aromatic N) is 2. The Hall–Kier alpha value is -4.37. The first-order valence-electron chi connectivity index (χ1n) is 12.0. The van der Waals surface area contributed by atoms with Crippen LogP contribution in [0.5, 0.6) is 17.2 Å². The summed E-state index contributed by atoms with van der Waals surface area (Å²) in [7, 11) is 2.85. The van der Waals surface area contributed by atoms with E-state index < -0.39 is 5.97 Å². The SMILES string of the molecule is CCOc1cc(/C=C2/C(=O)N(c3ccc(OC)cc3)C(=S)N2CC(=O)OC)ccc1OCc1ccccc1. The maximum atomic E-state index is 13.6. The minimum Gasteiger partial charge on any atom is -0.497 e. The fourth-order valence-electron chi connectivity index (χ4n) is 3.88. The Morgan fingerprint density at radius 2 is 1.68 bits per heavy atom. The highest BCUT2D eigenvalue weighted by molar-refractivity contribution is 7.80. The van der Waals surface area contributed by atoms with Crippen LogP contribution in [0.4, 0.5) is 5.69 Å². The van der Waals surface area contributed by atoms with E-state index in [-0.39, 0.29) is 23.3 Å². The van der Waals surface area contributed by atoms with Crippen molar-refractivity contribution in [3.8, 4) is 17.2 Å². The van der Waals surface area contributed by atoms with Crippen molar-refractivity contribution in [1.29, 1.82) is 0 Å². The maximum absolute atomic E-state index is 13.6. The summed E-state index contributed by atoms with van der Waals surface area (Å²) >= 11 is 5.62. The topological polar surface area (TPSA) is 77.5 Å². The molecule has 0 radical (unpaired) electrons. The fourth-order valence-corrected chi connectivity index (χ4v) is 4.23. The summed E-state index contributed by atoms with van der Waals surface area (Å²) in [5.41, 5.74) is 2.50. The zero-order chi connectivity index (χ0) is 27.1. The molecule has 0 bridgehead atoms. The first kappa shape index (κ1) is 26.7. The van der Waals surface area contributed by atoms with Crippen LogP contribution >= 0.6 is 12.2 Å². The second kappa shape index (κ2) is 12.2. The van der Waals surface area contributed by atoms with Gasteiger partial charge >= 0.3 is 5.97 Å². The third-order valence-corrected chi connectivity index (χ3v) is 6.19. The number of thiocarbonyl (C=S) groups is 1. The Bertz CT molecular complexity index is 1340. The number of anilines is 1. The van der Waals surface area contributed by atoms with Gasteiger partial charge in [0.25, 0.3) is 5.91 Å². The molecule has 0 N–H and O–H groups in total. The lowest BCUT2D eigenvalue weighted by atomic mass is 10.1. The first-order valence-corrected chi connectivity index (χ1v) is 12.4. The van der Waals surface area contributed by atoms with Gasteiger partial charge in [0.2, 0.25) is 0 Å². The highest BCUT2D eigenvalue weighted by atomic mass is 32.1.